The van der Waals surface area contributed by atoms with Crippen LogP contribution in [-0.2, 0) is 4.79 Å². The van der Waals surface area contributed by atoms with E-state index in [1.54, 1.807) is 26.4 Å². The summed E-state index contributed by atoms with van der Waals surface area (Å²) in [6.07, 6.45) is 1.10. The highest BCUT2D eigenvalue weighted by atomic mass is 16.5. The van der Waals surface area contributed by atoms with Crippen molar-refractivity contribution in [3.63, 3.8) is 0 Å². The van der Waals surface area contributed by atoms with Crippen LogP contribution in [0.25, 0.3) is 5.78 Å². The van der Waals surface area contributed by atoms with Crippen molar-refractivity contribution in [2.45, 2.75) is 32.8 Å². The second-order valence-electron chi connectivity index (χ2n) is 7.92. The predicted octanol–water partition coefficient (Wildman–Crippen LogP) is 2.37. The lowest BCUT2D eigenvalue weighted by Crippen LogP contribution is -2.52. The van der Waals surface area contributed by atoms with Gasteiger partial charge in [-0.3, -0.25) is 9.20 Å². The average molecular weight is 425 g/mol. The maximum atomic E-state index is 12.9. The van der Waals surface area contributed by atoms with E-state index in [4.69, 9.17) is 9.47 Å². The first-order valence-corrected chi connectivity index (χ1v) is 10.5. The monoisotopic (exact) mass is 424 g/mol. The summed E-state index contributed by atoms with van der Waals surface area (Å²) in [7, 11) is 1.59. The smallest absolute Gasteiger partial charge is 0.263 e. The van der Waals surface area contributed by atoms with Gasteiger partial charge in [-0.2, -0.15) is 4.98 Å². The fourth-order valence-corrected chi connectivity index (χ4v) is 3.80. The number of para-hydroxylation sites is 2. The molecule has 0 N–H and O–H groups in total. The summed E-state index contributed by atoms with van der Waals surface area (Å²) in [5.41, 5.74) is 1.11. The molecule has 1 saturated heterocycles. The summed E-state index contributed by atoms with van der Waals surface area (Å²) < 4.78 is 13.1. The summed E-state index contributed by atoms with van der Waals surface area (Å²) in [6.45, 7) is 8.65. The Kier molecular flexibility index (Phi) is 5.92. The lowest BCUT2D eigenvalue weighted by molar-refractivity contribution is -0.138. The van der Waals surface area contributed by atoms with E-state index in [1.165, 1.54) is 0 Å². The Bertz CT molecular complexity index is 1060. The van der Waals surface area contributed by atoms with Gasteiger partial charge in [-0.05, 0) is 25.0 Å². The summed E-state index contributed by atoms with van der Waals surface area (Å²) in [4.78, 5) is 21.6. The number of fused-ring (bicyclic) bond motifs is 1. The predicted molar refractivity (Wildman–Crippen MR) is 117 cm³/mol. The van der Waals surface area contributed by atoms with Gasteiger partial charge >= 0.3 is 0 Å². The van der Waals surface area contributed by atoms with Crippen LogP contribution in [0.15, 0.2) is 36.7 Å². The van der Waals surface area contributed by atoms with Crippen LogP contribution in [0.1, 0.15) is 32.4 Å². The van der Waals surface area contributed by atoms with Crippen molar-refractivity contribution < 1.29 is 14.3 Å². The SMILES string of the molecule is COc1ccccc1O[C@H](C)C(=O)N1CCN(c2cc(C(C)C)n3cnnc3n2)CC1. The molecule has 31 heavy (non-hydrogen) atoms. The van der Waals surface area contributed by atoms with Crippen LogP contribution in [-0.4, -0.2) is 69.8 Å². The number of anilines is 1. The second-order valence-corrected chi connectivity index (χ2v) is 7.92. The van der Waals surface area contributed by atoms with Gasteiger partial charge in [0.1, 0.15) is 12.1 Å². The highest BCUT2D eigenvalue weighted by molar-refractivity contribution is 5.81. The zero-order valence-corrected chi connectivity index (χ0v) is 18.4. The molecule has 1 atom stereocenters. The van der Waals surface area contributed by atoms with E-state index in [0.717, 1.165) is 11.5 Å². The Balaban J connectivity index is 1.41. The van der Waals surface area contributed by atoms with Crippen molar-refractivity contribution in [3.8, 4) is 11.5 Å². The molecule has 9 heteroatoms. The Morgan fingerprint density at radius 2 is 1.77 bits per heavy atom. The van der Waals surface area contributed by atoms with E-state index in [-0.39, 0.29) is 5.91 Å². The number of piperazine rings is 1. The van der Waals surface area contributed by atoms with Crippen LogP contribution in [0.5, 0.6) is 11.5 Å². The topological polar surface area (TPSA) is 85.1 Å². The van der Waals surface area contributed by atoms with Gasteiger partial charge in [0, 0.05) is 37.9 Å². The molecule has 0 spiro atoms. The molecule has 0 radical (unpaired) electrons. The van der Waals surface area contributed by atoms with Gasteiger partial charge in [0.15, 0.2) is 17.6 Å². The Hall–Kier alpha value is -3.36. The van der Waals surface area contributed by atoms with Gasteiger partial charge in [0.05, 0.1) is 7.11 Å². The molecule has 1 fully saturated rings. The fourth-order valence-electron chi connectivity index (χ4n) is 3.80. The van der Waals surface area contributed by atoms with E-state index in [1.807, 2.05) is 27.5 Å². The number of carbonyl (C=O) groups excluding carboxylic acids is 1. The Morgan fingerprint density at radius 1 is 1.06 bits per heavy atom. The van der Waals surface area contributed by atoms with Gasteiger partial charge in [0.2, 0.25) is 0 Å². The van der Waals surface area contributed by atoms with Crippen molar-refractivity contribution in [1.29, 1.82) is 0 Å². The van der Waals surface area contributed by atoms with E-state index < -0.39 is 6.10 Å². The Morgan fingerprint density at radius 3 is 2.45 bits per heavy atom. The summed E-state index contributed by atoms with van der Waals surface area (Å²) in [5, 5.41) is 8.11. The number of aromatic nitrogens is 4. The molecule has 1 aromatic carbocycles. The minimum Gasteiger partial charge on any atom is -0.493 e. The van der Waals surface area contributed by atoms with E-state index in [2.05, 4.69) is 40.0 Å². The number of hydrogen-bond acceptors (Lipinski definition) is 7. The fraction of sp³-hybridized carbons (Fsp3) is 0.455. The third kappa shape index (κ3) is 4.26. The number of rotatable bonds is 6. The van der Waals surface area contributed by atoms with Gasteiger partial charge in [0.25, 0.3) is 11.7 Å². The molecule has 9 nitrogen and oxygen atoms in total. The molecular formula is C22H28N6O3. The van der Waals surface area contributed by atoms with Gasteiger partial charge in [-0.25, -0.2) is 0 Å². The van der Waals surface area contributed by atoms with Crippen LogP contribution in [0, 0.1) is 0 Å². The molecule has 4 rings (SSSR count). The molecule has 0 unspecified atom stereocenters. The first kappa shape index (κ1) is 20.9. The number of nitrogens with zero attached hydrogens (tertiary/aromatic N) is 6. The lowest BCUT2D eigenvalue weighted by atomic mass is 10.1. The van der Waals surface area contributed by atoms with Crippen LogP contribution >= 0.6 is 0 Å². The minimum absolute atomic E-state index is 0.0331. The first-order valence-electron chi connectivity index (χ1n) is 10.5. The molecule has 3 aromatic rings. The second kappa shape index (κ2) is 8.79. The molecule has 2 aromatic heterocycles. The lowest BCUT2D eigenvalue weighted by Gasteiger charge is -2.36. The third-order valence-corrected chi connectivity index (χ3v) is 5.53. The number of benzene rings is 1. The average Bonchev–Trinajstić information content (AvgIpc) is 3.27. The first-order chi connectivity index (χ1) is 15.0. The number of methoxy groups -OCH3 is 1. The molecule has 1 amide bonds. The number of hydrogen-bond donors (Lipinski definition) is 0. The maximum absolute atomic E-state index is 12.9. The molecule has 1 aliphatic heterocycles. The van der Waals surface area contributed by atoms with Crippen molar-refractivity contribution in [2.24, 2.45) is 0 Å². The zero-order valence-electron chi connectivity index (χ0n) is 18.4. The normalized spacial score (nSPS) is 15.4. The van der Waals surface area contributed by atoms with Crippen molar-refractivity contribution in [1.82, 2.24) is 24.5 Å². The highest BCUT2D eigenvalue weighted by Crippen LogP contribution is 2.27. The number of ether oxygens (including phenoxy) is 2. The van der Waals surface area contributed by atoms with Crippen molar-refractivity contribution in [2.75, 3.05) is 38.2 Å². The van der Waals surface area contributed by atoms with E-state index in [0.29, 0.717) is 49.4 Å². The zero-order chi connectivity index (χ0) is 22.0. The molecule has 0 bridgehead atoms. The van der Waals surface area contributed by atoms with Gasteiger partial charge < -0.3 is 19.3 Å². The molecule has 164 valence electrons. The summed E-state index contributed by atoms with van der Waals surface area (Å²) in [6, 6.07) is 9.44. The quantitative estimate of drug-likeness (QED) is 0.601. The van der Waals surface area contributed by atoms with E-state index >= 15 is 0 Å². The molecule has 3 heterocycles. The highest BCUT2D eigenvalue weighted by Gasteiger charge is 2.27. The molecular weight excluding hydrogens is 396 g/mol. The minimum atomic E-state index is -0.596. The Labute approximate surface area is 181 Å². The maximum Gasteiger partial charge on any atom is 0.263 e. The van der Waals surface area contributed by atoms with Gasteiger partial charge in [-0.15, -0.1) is 10.2 Å². The largest absolute Gasteiger partial charge is 0.493 e. The summed E-state index contributed by atoms with van der Waals surface area (Å²) in [5.74, 6) is 2.93. The summed E-state index contributed by atoms with van der Waals surface area (Å²) >= 11 is 0. The van der Waals surface area contributed by atoms with Crippen LogP contribution < -0.4 is 14.4 Å². The van der Waals surface area contributed by atoms with E-state index in [9.17, 15) is 4.79 Å². The third-order valence-electron chi connectivity index (χ3n) is 5.53. The molecule has 0 saturated carbocycles. The van der Waals surface area contributed by atoms with Crippen LogP contribution in [0.2, 0.25) is 0 Å². The van der Waals surface area contributed by atoms with Crippen molar-refractivity contribution in [3.05, 3.63) is 42.4 Å². The van der Waals surface area contributed by atoms with Gasteiger partial charge in [-0.1, -0.05) is 26.0 Å². The van der Waals surface area contributed by atoms with Crippen LogP contribution in [0.3, 0.4) is 0 Å². The molecule has 1 aliphatic rings. The standard InChI is InChI=1S/C22H28N6O3/c1-15(2)17-13-20(24-22-25-23-14-28(17)22)26-9-11-27(12-10-26)21(29)16(3)31-19-8-6-5-7-18(19)30-4/h5-8,13-16H,9-12H2,1-4H3/t16-/m1/s1. The number of amides is 1. The number of carbonyl (C=O) groups is 1. The molecule has 0 aliphatic carbocycles. The van der Waals surface area contributed by atoms with Crippen molar-refractivity contribution >= 4 is 17.5 Å². The van der Waals surface area contributed by atoms with Crippen LogP contribution in [0.4, 0.5) is 5.82 Å².